The second kappa shape index (κ2) is 6.38. The molecule has 2 fully saturated rings. The summed E-state index contributed by atoms with van der Waals surface area (Å²) in [6, 6.07) is 7.71. The van der Waals surface area contributed by atoms with Gasteiger partial charge in [0, 0.05) is 20.8 Å². The van der Waals surface area contributed by atoms with Crippen molar-refractivity contribution in [2.24, 2.45) is 0 Å². The fraction of sp³-hybridized carbons (Fsp3) is 0.611. The lowest BCUT2D eigenvalue weighted by atomic mass is 9.79. The van der Waals surface area contributed by atoms with Gasteiger partial charge in [0.25, 0.3) is 0 Å². The molecule has 1 saturated heterocycles. The summed E-state index contributed by atoms with van der Waals surface area (Å²) in [4.78, 5) is 16.4. The van der Waals surface area contributed by atoms with E-state index >= 15 is 0 Å². The molecule has 2 heterocycles. The van der Waals surface area contributed by atoms with Crippen molar-refractivity contribution in [3.8, 4) is 0 Å². The van der Waals surface area contributed by atoms with Crippen molar-refractivity contribution in [1.29, 1.82) is 0 Å². The fourth-order valence-electron chi connectivity index (χ4n) is 4.36. The molecular formula is C18H24N4O3. The van der Waals surface area contributed by atoms with Crippen LogP contribution < -0.4 is 0 Å². The van der Waals surface area contributed by atoms with Gasteiger partial charge in [-0.3, -0.25) is 4.79 Å². The van der Waals surface area contributed by atoms with E-state index in [1.807, 2.05) is 29.2 Å². The van der Waals surface area contributed by atoms with Crippen molar-refractivity contribution in [1.82, 2.24) is 19.9 Å². The number of methoxy groups -OCH3 is 2. The zero-order valence-electron chi connectivity index (χ0n) is 14.7. The first-order valence-corrected chi connectivity index (χ1v) is 8.82. The summed E-state index contributed by atoms with van der Waals surface area (Å²) in [7, 11) is 3.50. The number of nitrogens with zero attached hydrogens (tertiary/aromatic N) is 4. The van der Waals surface area contributed by atoms with Gasteiger partial charge in [0.15, 0.2) is 0 Å². The first kappa shape index (κ1) is 16.5. The smallest absolute Gasteiger partial charge is 0.246 e. The summed E-state index contributed by atoms with van der Waals surface area (Å²) in [6.07, 6.45) is 3.80. The van der Waals surface area contributed by atoms with E-state index in [0.29, 0.717) is 6.54 Å². The summed E-state index contributed by atoms with van der Waals surface area (Å²) in [5, 5.41) is 8.80. The van der Waals surface area contributed by atoms with Gasteiger partial charge in [-0.15, -0.1) is 0 Å². The van der Waals surface area contributed by atoms with E-state index in [1.165, 1.54) is 4.80 Å². The van der Waals surface area contributed by atoms with Crippen molar-refractivity contribution in [3.05, 3.63) is 24.3 Å². The number of fused-ring (bicyclic) bond motifs is 2. The van der Waals surface area contributed by atoms with Crippen molar-refractivity contribution >= 4 is 16.9 Å². The van der Waals surface area contributed by atoms with Gasteiger partial charge < -0.3 is 14.4 Å². The predicted octanol–water partition coefficient (Wildman–Crippen LogP) is 1.62. The van der Waals surface area contributed by atoms with E-state index in [0.717, 1.165) is 36.7 Å². The number of carbonyl (C=O) groups is 1. The molecule has 3 atom stereocenters. The predicted molar refractivity (Wildman–Crippen MR) is 92.0 cm³/mol. The van der Waals surface area contributed by atoms with E-state index in [-0.39, 0.29) is 30.2 Å². The zero-order valence-corrected chi connectivity index (χ0v) is 14.7. The third-order valence-corrected chi connectivity index (χ3v) is 5.80. The van der Waals surface area contributed by atoms with Crippen LogP contribution in [0.1, 0.15) is 25.7 Å². The Morgan fingerprint density at radius 3 is 2.60 bits per heavy atom. The summed E-state index contributed by atoms with van der Waals surface area (Å²) in [6.45, 7) is 0.872. The zero-order chi connectivity index (χ0) is 17.4. The first-order valence-electron chi connectivity index (χ1n) is 8.82. The van der Waals surface area contributed by atoms with Gasteiger partial charge in [-0.05, 0) is 37.8 Å². The molecule has 7 nitrogen and oxygen atoms in total. The van der Waals surface area contributed by atoms with Crippen LogP contribution in [0, 0.1) is 0 Å². The SMILES string of the molecule is CO[C@@H]1CC[C@]2(OC)CCN(C(=O)Cn3nc4ccccc4n3)[C@@H]2C1. The van der Waals surface area contributed by atoms with Crippen LogP contribution in [0.15, 0.2) is 24.3 Å². The summed E-state index contributed by atoms with van der Waals surface area (Å²) in [5.74, 6) is 0.0426. The maximum Gasteiger partial charge on any atom is 0.246 e. The number of benzene rings is 1. The van der Waals surface area contributed by atoms with Crippen LogP contribution in [0.2, 0.25) is 0 Å². The van der Waals surface area contributed by atoms with Crippen LogP contribution in [0.5, 0.6) is 0 Å². The summed E-state index contributed by atoms with van der Waals surface area (Å²) >= 11 is 0. The monoisotopic (exact) mass is 344 g/mol. The maximum absolute atomic E-state index is 12.9. The second-order valence-electron chi connectivity index (χ2n) is 6.97. The minimum atomic E-state index is -0.229. The highest BCUT2D eigenvalue weighted by Gasteiger charge is 2.52. The van der Waals surface area contributed by atoms with Crippen LogP contribution in [-0.4, -0.2) is 64.3 Å². The van der Waals surface area contributed by atoms with E-state index in [2.05, 4.69) is 10.2 Å². The molecule has 2 aliphatic rings. The molecule has 1 amide bonds. The van der Waals surface area contributed by atoms with Crippen LogP contribution in [0.25, 0.3) is 11.0 Å². The van der Waals surface area contributed by atoms with Gasteiger partial charge in [0.05, 0.1) is 17.7 Å². The van der Waals surface area contributed by atoms with Crippen LogP contribution in [0.4, 0.5) is 0 Å². The minimum Gasteiger partial charge on any atom is -0.381 e. The molecule has 1 saturated carbocycles. The number of likely N-dealkylation sites (tertiary alicyclic amines) is 1. The number of aromatic nitrogens is 3. The topological polar surface area (TPSA) is 69.5 Å². The third-order valence-electron chi connectivity index (χ3n) is 5.80. The van der Waals surface area contributed by atoms with Gasteiger partial charge in [-0.1, -0.05) is 12.1 Å². The Hall–Kier alpha value is -1.99. The molecule has 0 N–H and O–H groups in total. The molecule has 2 aromatic rings. The minimum absolute atomic E-state index is 0.0426. The fourth-order valence-corrected chi connectivity index (χ4v) is 4.36. The Morgan fingerprint density at radius 2 is 1.96 bits per heavy atom. The molecule has 1 aromatic carbocycles. The highest BCUT2D eigenvalue weighted by molar-refractivity contribution is 5.78. The van der Waals surface area contributed by atoms with E-state index in [4.69, 9.17) is 9.47 Å². The van der Waals surface area contributed by atoms with Crippen molar-refractivity contribution in [2.75, 3.05) is 20.8 Å². The molecule has 0 unspecified atom stereocenters. The highest BCUT2D eigenvalue weighted by Crippen LogP contribution is 2.43. The molecule has 4 rings (SSSR count). The van der Waals surface area contributed by atoms with E-state index in [1.54, 1.807) is 14.2 Å². The van der Waals surface area contributed by atoms with E-state index < -0.39 is 0 Å². The molecule has 0 bridgehead atoms. The first-order chi connectivity index (χ1) is 12.1. The lowest BCUT2D eigenvalue weighted by Gasteiger charge is -2.43. The van der Waals surface area contributed by atoms with Crippen LogP contribution >= 0.6 is 0 Å². The lowest BCUT2D eigenvalue weighted by Crippen LogP contribution is -2.53. The summed E-state index contributed by atoms with van der Waals surface area (Å²) in [5.41, 5.74) is 1.38. The van der Waals surface area contributed by atoms with Gasteiger partial charge in [-0.25, -0.2) is 0 Å². The van der Waals surface area contributed by atoms with Gasteiger partial charge in [-0.2, -0.15) is 15.0 Å². The van der Waals surface area contributed by atoms with Crippen LogP contribution in [0.3, 0.4) is 0 Å². The molecule has 1 aliphatic carbocycles. The van der Waals surface area contributed by atoms with Crippen molar-refractivity contribution < 1.29 is 14.3 Å². The average molecular weight is 344 g/mol. The largest absolute Gasteiger partial charge is 0.381 e. The second-order valence-corrected chi connectivity index (χ2v) is 6.97. The Bertz CT molecular complexity index is 744. The maximum atomic E-state index is 12.9. The molecule has 1 aliphatic heterocycles. The van der Waals surface area contributed by atoms with Gasteiger partial charge in [0.2, 0.25) is 5.91 Å². The van der Waals surface area contributed by atoms with E-state index in [9.17, 15) is 4.79 Å². The van der Waals surface area contributed by atoms with Gasteiger partial charge in [0.1, 0.15) is 17.6 Å². The number of carbonyl (C=O) groups excluding carboxylic acids is 1. The van der Waals surface area contributed by atoms with Crippen LogP contribution in [-0.2, 0) is 20.8 Å². The lowest BCUT2D eigenvalue weighted by molar-refractivity contribution is -0.141. The summed E-state index contributed by atoms with van der Waals surface area (Å²) < 4.78 is 11.4. The number of hydrogen-bond donors (Lipinski definition) is 0. The molecular weight excluding hydrogens is 320 g/mol. The molecule has 134 valence electrons. The average Bonchev–Trinajstić information content (AvgIpc) is 3.21. The Morgan fingerprint density at radius 1 is 1.24 bits per heavy atom. The normalized spacial score (nSPS) is 29.1. The molecule has 25 heavy (non-hydrogen) atoms. The number of ether oxygens (including phenoxy) is 2. The molecule has 0 radical (unpaired) electrons. The molecule has 7 heteroatoms. The Labute approximate surface area is 146 Å². The molecule has 1 aromatic heterocycles. The molecule has 0 spiro atoms. The van der Waals surface area contributed by atoms with Crippen molar-refractivity contribution in [3.63, 3.8) is 0 Å². The Kier molecular flexibility index (Phi) is 4.21. The number of amides is 1. The Balaban J connectivity index is 1.53. The quantitative estimate of drug-likeness (QED) is 0.843. The third kappa shape index (κ3) is 2.81. The number of rotatable bonds is 4. The standard InChI is InChI=1S/C18H24N4O3/c1-24-13-7-8-18(25-2)9-10-21(16(18)11-13)17(23)12-22-19-14-5-3-4-6-15(14)20-22/h3-6,13,16H,7-12H2,1-2H3/t13-,16-,18+/m1/s1. The highest BCUT2D eigenvalue weighted by atomic mass is 16.5. The number of hydrogen-bond acceptors (Lipinski definition) is 5. The van der Waals surface area contributed by atoms with Gasteiger partial charge >= 0.3 is 0 Å². The van der Waals surface area contributed by atoms with Crippen molar-refractivity contribution in [2.45, 2.75) is 50.0 Å².